The molecule has 0 aliphatic heterocycles. The highest BCUT2D eigenvalue weighted by Gasteiger charge is 2.40. The zero-order valence-electron chi connectivity index (χ0n) is 6.94. The molecule has 72 valence electrons. The van der Waals surface area contributed by atoms with E-state index < -0.39 is 3.23 Å². The quantitative estimate of drug-likeness (QED) is 0.564. The molecular formula is C7H11Br3O2. The van der Waals surface area contributed by atoms with Crippen molar-refractivity contribution in [2.24, 2.45) is 0 Å². The molecule has 5 heteroatoms. The lowest BCUT2D eigenvalue weighted by Crippen LogP contribution is -2.35. The molecule has 0 radical (unpaired) electrons. The second-order valence-corrected chi connectivity index (χ2v) is 6.89. The van der Waals surface area contributed by atoms with Crippen molar-refractivity contribution in [3.63, 3.8) is 0 Å². The van der Waals surface area contributed by atoms with Crippen LogP contribution < -0.4 is 0 Å². The Labute approximate surface area is 97.8 Å². The van der Waals surface area contributed by atoms with Crippen LogP contribution in [-0.2, 0) is 9.53 Å². The van der Waals surface area contributed by atoms with E-state index in [0.717, 1.165) is 6.42 Å². The number of rotatable bonds is 4. The molecule has 0 rings (SSSR count). The van der Waals surface area contributed by atoms with Crippen LogP contribution in [0.3, 0.4) is 0 Å². The third kappa shape index (κ3) is 3.34. The summed E-state index contributed by atoms with van der Waals surface area (Å²) in [4.78, 5) is 11.3. The van der Waals surface area contributed by atoms with Gasteiger partial charge in [0.25, 0.3) is 0 Å². The van der Waals surface area contributed by atoms with Crippen LogP contribution in [0.5, 0.6) is 0 Å². The fraction of sp³-hybridized carbons (Fsp3) is 0.857. The second-order valence-electron chi connectivity index (χ2n) is 2.22. The van der Waals surface area contributed by atoms with Crippen LogP contribution in [0.25, 0.3) is 0 Å². The van der Waals surface area contributed by atoms with E-state index in [9.17, 15) is 4.79 Å². The molecule has 0 spiro atoms. The molecule has 2 nitrogen and oxygen atoms in total. The average Bonchev–Trinajstić information content (AvgIpc) is 2.03. The summed E-state index contributed by atoms with van der Waals surface area (Å²) >= 11 is 9.91. The van der Waals surface area contributed by atoms with Crippen LogP contribution in [0.4, 0.5) is 0 Å². The molecule has 0 aromatic rings. The van der Waals surface area contributed by atoms with Gasteiger partial charge < -0.3 is 4.74 Å². The number of ether oxygens (including phenoxy) is 1. The molecule has 0 saturated carbocycles. The van der Waals surface area contributed by atoms with Gasteiger partial charge in [0.15, 0.2) is 3.23 Å². The molecule has 0 bridgehead atoms. The van der Waals surface area contributed by atoms with Gasteiger partial charge in [-0.25, -0.2) is 4.79 Å². The predicted octanol–water partition coefficient (Wildman–Crippen LogP) is 3.21. The summed E-state index contributed by atoms with van der Waals surface area (Å²) in [5.74, 6) is -0.297. The summed E-state index contributed by atoms with van der Waals surface area (Å²) in [6.45, 7) is 4.15. The Kier molecular flexibility index (Phi) is 6.03. The lowest BCUT2D eigenvalue weighted by atomic mass is 10.2. The van der Waals surface area contributed by atoms with E-state index in [1.807, 2.05) is 6.92 Å². The number of hydrogen-bond acceptors (Lipinski definition) is 2. The first-order chi connectivity index (χ1) is 5.46. The molecule has 0 N–H and O–H groups in total. The summed E-state index contributed by atoms with van der Waals surface area (Å²) in [5, 5.41) is 0. The summed E-state index contributed by atoms with van der Waals surface area (Å²) in [7, 11) is 0. The molecule has 1 unspecified atom stereocenters. The summed E-state index contributed by atoms with van der Waals surface area (Å²) in [5.41, 5.74) is 0. The Bertz CT molecular complexity index is 159. The van der Waals surface area contributed by atoms with Crippen molar-refractivity contribution in [2.75, 3.05) is 6.61 Å². The van der Waals surface area contributed by atoms with Gasteiger partial charge in [-0.3, -0.25) is 0 Å². The predicted molar refractivity (Wildman–Crippen MR) is 60.2 cm³/mol. The number of carbonyl (C=O) groups is 1. The lowest BCUT2D eigenvalue weighted by Gasteiger charge is -2.22. The average molecular weight is 367 g/mol. The number of hydrogen-bond donors (Lipinski definition) is 0. The monoisotopic (exact) mass is 364 g/mol. The Morgan fingerprint density at radius 2 is 2.00 bits per heavy atom. The Morgan fingerprint density at radius 3 is 2.33 bits per heavy atom. The first-order valence-electron chi connectivity index (χ1n) is 3.65. The van der Waals surface area contributed by atoms with Gasteiger partial charge in [-0.05, 0) is 13.3 Å². The molecule has 0 amide bonds. The van der Waals surface area contributed by atoms with E-state index in [1.54, 1.807) is 6.92 Å². The molecule has 1 atom stereocenters. The molecule has 0 fully saturated rings. The van der Waals surface area contributed by atoms with Crippen LogP contribution in [-0.4, -0.2) is 20.6 Å². The van der Waals surface area contributed by atoms with Gasteiger partial charge in [-0.15, -0.1) is 0 Å². The van der Waals surface area contributed by atoms with Gasteiger partial charge >= 0.3 is 5.97 Å². The summed E-state index contributed by atoms with van der Waals surface area (Å²) in [6.07, 6.45) is 0.829. The zero-order chi connectivity index (χ0) is 9.78. The highest BCUT2D eigenvalue weighted by atomic mass is 79.9. The van der Waals surface area contributed by atoms with Crippen molar-refractivity contribution in [1.82, 2.24) is 0 Å². The van der Waals surface area contributed by atoms with Gasteiger partial charge in [0.2, 0.25) is 0 Å². The van der Waals surface area contributed by atoms with Gasteiger partial charge in [0.1, 0.15) is 0 Å². The maximum Gasteiger partial charge on any atom is 0.334 e. The smallest absolute Gasteiger partial charge is 0.334 e. The van der Waals surface area contributed by atoms with Gasteiger partial charge in [-0.1, -0.05) is 54.7 Å². The lowest BCUT2D eigenvalue weighted by molar-refractivity contribution is -0.143. The van der Waals surface area contributed by atoms with Gasteiger partial charge in [-0.2, -0.15) is 0 Å². The Hall–Kier alpha value is 0.910. The van der Waals surface area contributed by atoms with Gasteiger partial charge in [0, 0.05) is 0 Å². The Morgan fingerprint density at radius 1 is 1.50 bits per heavy atom. The van der Waals surface area contributed by atoms with Crippen molar-refractivity contribution in [1.29, 1.82) is 0 Å². The first kappa shape index (κ1) is 12.9. The molecule has 0 heterocycles. The molecule has 12 heavy (non-hydrogen) atoms. The fourth-order valence-electron chi connectivity index (χ4n) is 0.612. The van der Waals surface area contributed by atoms with Crippen molar-refractivity contribution >= 4 is 53.8 Å². The zero-order valence-corrected chi connectivity index (χ0v) is 11.7. The maximum absolute atomic E-state index is 11.3. The number of alkyl halides is 3. The topological polar surface area (TPSA) is 26.3 Å². The maximum atomic E-state index is 11.3. The third-order valence-electron chi connectivity index (χ3n) is 1.30. The van der Waals surface area contributed by atoms with Crippen LogP contribution in [0.2, 0.25) is 0 Å². The van der Waals surface area contributed by atoms with E-state index in [-0.39, 0.29) is 10.8 Å². The van der Waals surface area contributed by atoms with Gasteiger partial charge in [0.05, 0.1) is 11.4 Å². The van der Waals surface area contributed by atoms with Crippen LogP contribution >= 0.6 is 47.8 Å². The molecule has 0 saturated heterocycles. The minimum Gasteiger partial charge on any atom is -0.464 e. The fourth-order valence-corrected chi connectivity index (χ4v) is 1.67. The SMILES string of the molecule is CCOC(=O)C(Br)(Br)C(Br)CC. The van der Waals surface area contributed by atoms with Crippen LogP contribution in [0.15, 0.2) is 0 Å². The van der Waals surface area contributed by atoms with Crippen molar-refractivity contribution in [2.45, 2.75) is 28.3 Å². The third-order valence-corrected chi connectivity index (χ3v) is 5.62. The van der Waals surface area contributed by atoms with Crippen molar-refractivity contribution < 1.29 is 9.53 Å². The standard InChI is InChI=1S/C7H11Br3O2/c1-3-5(8)7(9,10)6(11)12-4-2/h5H,3-4H2,1-2H3. The molecule has 0 aliphatic rings. The molecule has 0 aliphatic carbocycles. The minimum absolute atomic E-state index is 0.0176. The second kappa shape index (κ2) is 5.60. The highest BCUT2D eigenvalue weighted by molar-refractivity contribution is 9.26. The molecular weight excluding hydrogens is 356 g/mol. The number of halogens is 3. The van der Waals surface area contributed by atoms with E-state index in [0.29, 0.717) is 6.61 Å². The minimum atomic E-state index is -0.801. The van der Waals surface area contributed by atoms with Crippen molar-refractivity contribution in [3.8, 4) is 0 Å². The number of esters is 1. The van der Waals surface area contributed by atoms with E-state index in [2.05, 4.69) is 47.8 Å². The van der Waals surface area contributed by atoms with Crippen LogP contribution in [0.1, 0.15) is 20.3 Å². The summed E-state index contributed by atoms with van der Waals surface area (Å²) < 4.78 is 4.07. The first-order valence-corrected chi connectivity index (χ1v) is 6.16. The normalized spacial score (nSPS) is 14.1. The van der Waals surface area contributed by atoms with E-state index >= 15 is 0 Å². The van der Waals surface area contributed by atoms with E-state index in [4.69, 9.17) is 4.74 Å². The van der Waals surface area contributed by atoms with E-state index in [1.165, 1.54) is 0 Å². The molecule has 0 aromatic carbocycles. The number of carbonyl (C=O) groups excluding carboxylic acids is 1. The van der Waals surface area contributed by atoms with Crippen LogP contribution in [0, 0.1) is 0 Å². The summed E-state index contributed by atoms with van der Waals surface area (Å²) in [6, 6.07) is 0. The largest absolute Gasteiger partial charge is 0.464 e. The highest BCUT2D eigenvalue weighted by Crippen LogP contribution is 2.37. The Balaban J connectivity index is 4.27. The van der Waals surface area contributed by atoms with Crippen molar-refractivity contribution in [3.05, 3.63) is 0 Å². The molecule has 0 aromatic heterocycles.